The van der Waals surface area contributed by atoms with Crippen molar-refractivity contribution >= 4 is 43.7 Å². The van der Waals surface area contributed by atoms with Gasteiger partial charge in [0.15, 0.2) is 5.58 Å². The molecule has 0 saturated carbocycles. The fourth-order valence-corrected chi connectivity index (χ4v) is 6.46. The molecule has 9 aromatic rings. The lowest BCUT2D eigenvalue weighted by Gasteiger charge is -2.13. The molecule has 3 heterocycles. The molecule has 0 unspecified atom stereocenters. The molecule has 0 radical (unpaired) electrons. The van der Waals surface area contributed by atoms with Crippen LogP contribution in [0.2, 0.25) is 0 Å². The van der Waals surface area contributed by atoms with Gasteiger partial charge in [-0.05, 0) is 63.4 Å². The van der Waals surface area contributed by atoms with Gasteiger partial charge < -0.3 is 4.42 Å². The number of hydrogen-bond donors (Lipinski definition) is 0. The van der Waals surface area contributed by atoms with Gasteiger partial charge in [0.2, 0.25) is 5.95 Å². The summed E-state index contributed by atoms with van der Waals surface area (Å²) in [6, 6.07) is 50.9. The molecule has 9 rings (SSSR count). The number of rotatable bonds is 4. The van der Waals surface area contributed by atoms with E-state index in [4.69, 9.17) is 14.4 Å². The van der Waals surface area contributed by atoms with E-state index in [9.17, 15) is 0 Å². The molecule has 0 atom stereocenters. The first-order valence-corrected chi connectivity index (χ1v) is 14.7. The zero-order valence-electron chi connectivity index (χ0n) is 23.7. The summed E-state index contributed by atoms with van der Waals surface area (Å²) in [6.45, 7) is 0. The van der Waals surface area contributed by atoms with Crippen LogP contribution in [0.1, 0.15) is 0 Å². The molecule has 0 N–H and O–H groups in total. The monoisotopic (exact) mass is 563 g/mol. The van der Waals surface area contributed by atoms with Crippen LogP contribution in [0.15, 0.2) is 156 Å². The number of para-hydroxylation sites is 1. The number of aromatic nitrogens is 3. The topological polar surface area (TPSA) is 43.9 Å². The molecule has 0 amide bonds. The van der Waals surface area contributed by atoms with E-state index < -0.39 is 0 Å². The Morgan fingerprint density at radius 2 is 1.11 bits per heavy atom. The van der Waals surface area contributed by atoms with Crippen LogP contribution in [-0.4, -0.2) is 14.5 Å². The van der Waals surface area contributed by atoms with Gasteiger partial charge in [0, 0.05) is 22.4 Å². The van der Waals surface area contributed by atoms with Gasteiger partial charge in [-0.1, -0.05) is 109 Å². The lowest BCUT2D eigenvalue weighted by atomic mass is 9.95. The van der Waals surface area contributed by atoms with Crippen LogP contribution in [0.3, 0.4) is 0 Å². The lowest BCUT2D eigenvalue weighted by Crippen LogP contribution is -2.03. The fraction of sp³-hybridized carbons (Fsp3) is 0. The molecule has 0 fully saturated rings. The molecular weight excluding hydrogens is 538 g/mol. The zero-order valence-corrected chi connectivity index (χ0v) is 23.7. The minimum absolute atomic E-state index is 0.613. The van der Waals surface area contributed by atoms with Gasteiger partial charge in [0.05, 0.1) is 17.3 Å². The van der Waals surface area contributed by atoms with Crippen molar-refractivity contribution < 1.29 is 4.42 Å². The van der Waals surface area contributed by atoms with Gasteiger partial charge in [-0.15, -0.1) is 0 Å². The van der Waals surface area contributed by atoms with E-state index in [2.05, 4.69) is 132 Å². The Kier molecular flexibility index (Phi) is 5.47. The Morgan fingerprint density at radius 1 is 0.477 bits per heavy atom. The van der Waals surface area contributed by atoms with Crippen LogP contribution in [0.4, 0.5) is 0 Å². The molecule has 0 aliphatic carbocycles. The summed E-state index contributed by atoms with van der Waals surface area (Å²) in [7, 11) is 0. The van der Waals surface area contributed by atoms with Crippen molar-refractivity contribution in [2.75, 3.05) is 0 Å². The average molecular weight is 564 g/mol. The van der Waals surface area contributed by atoms with Crippen molar-refractivity contribution in [1.82, 2.24) is 14.5 Å². The first kappa shape index (κ1) is 24.6. The minimum atomic E-state index is 0.613. The van der Waals surface area contributed by atoms with Crippen molar-refractivity contribution in [2.45, 2.75) is 0 Å². The van der Waals surface area contributed by atoms with E-state index >= 15 is 0 Å². The van der Waals surface area contributed by atoms with Gasteiger partial charge in [-0.2, -0.15) is 0 Å². The quantitative estimate of drug-likeness (QED) is 0.214. The van der Waals surface area contributed by atoms with Crippen LogP contribution < -0.4 is 0 Å². The smallest absolute Gasteiger partial charge is 0.236 e. The molecule has 0 aliphatic rings. The zero-order chi connectivity index (χ0) is 29.0. The third kappa shape index (κ3) is 3.85. The third-order valence-electron chi connectivity index (χ3n) is 8.47. The molecule has 44 heavy (non-hydrogen) atoms. The summed E-state index contributed by atoms with van der Waals surface area (Å²) >= 11 is 0. The molecule has 4 heteroatoms. The number of furan rings is 1. The van der Waals surface area contributed by atoms with Crippen LogP contribution in [0.5, 0.6) is 0 Å². The Labute approximate surface area is 253 Å². The maximum absolute atomic E-state index is 6.07. The summed E-state index contributed by atoms with van der Waals surface area (Å²) in [4.78, 5) is 10.4. The van der Waals surface area contributed by atoms with Crippen LogP contribution in [-0.2, 0) is 0 Å². The maximum Gasteiger partial charge on any atom is 0.236 e. The summed E-state index contributed by atoms with van der Waals surface area (Å²) in [5, 5.41) is 4.80. The molecular formula is C40H25N3O. The highest BCUT2D eigenvalue weighted by molar-refractivity contribution is 6.21. The molecule has 206 valence electrons. The van der Waals surface area contributed by atoms with E-state index in [0.29, 0.717) is 11.5 Å². The van der Waals surface area contributed by atoms with Crippen LogP contribution >= 0.6 is 0 Å². The van der Waals surface area contributed by atoms with Crippen molar-refractivity contribution in [3.05, 3.63) is 152 Å². The molecule has 4 nitrogen and oxygen atoms in total. The van der Waals surface area contributed by atoms with Gasteiger partial charge in [-0.3, -0.25) is 4.57 Å². The SMILES string of the molecule is c1ccc(-c2cc(-c3ccccc3)cc(-c3nc(-n4c5ccccc5c5c6ccccc6ccc54)nc4ccoc34)c2)cc1. The van der Waals surface area contributed by atoms with Crippen LogP contribution in [0.25, 0.3) is 83.1 Å². The number of fused-ring (bicyclic) bond motifs is 6. The molecule has 0 spiro atoms. The second kappa shape index (κ2) is 9.79. The third-order valence-corrected chi connectivity index (χ3v) is 8.47. The van der Waals surface area contributed by atoms with E-state index in [-0.39, 0.29) is 0 Å². The van der Waals surface area contributed by atoms with E-state index in [1.807, 2.05) is 18.2 Å². The van der Waals surface area contributed by atoms with E-state index in [0.717, 1.165) is 50.1 Å². The predicted octanol–water partition coefficient (Wildman–Crippen LogP) is 10.5. The summed E-state index contributed by atoms with van der Waals surface area (Å²) in [5.74, 6) is 0.613. The van der Waals surface area contributed by atoms with E-state index in [1.54, 1.807) is 6.26 Å². The van der Waals surface area contributed by atoms with Gasteiger partial charge in [0.1, 0.15) is 11.2 Å². The summed E-state index contributed by atoms with van der Waals surface area (Å²) in [5.41, 5.74) is 9.83. The Morgan fingerprint density at radius 3 is 1.86 bits per heavy atom. The number of nitrogens with zero attached hydrogens (tertiary/aromatic N) is 3. The Hall–Kier alpha value is -6.00. The molecule has 0 saturated heterocycles. The molecule has 6 aromatic carbocycles. The largest absolute Gasteiger partial charge is 0.460 e. The first-order valence-electron chi connectivity index (χ1n) is 14.7. The lowest BCUT2D eigenvalue weighted by molar-refractivity contribution is 0.614. The normalized spacial score (nSPS) is 11.6. The standard InChI is InChI=1S/C40H25N3O/c1-3-11-26(12-4-1)29-23-30(27-13-5-2-6-14-27)25-31(24-29)38-39-34(21-22-44-39)41-40(42-38)43-35-18-10-9-17-33(35)37-32-16-8-7-15-28(32)19-20-36(37)43/h1-25H. The Balaban J connectivity index is 1.34. The molecule has 3 aromatic heterocycles. The van der Waals surface area contributed by atoms with Gasteiger partial charge >= 0.3 is 0 Å². The van der Waals surface area contributed by atoms with Crippen molar-refractivity contribution in [3.63, 3.8) is 0 Å². The van der Waals surface area contributed by atoms with E-state index in [1.165, 1.54) is 21.5 Å². The predicted molar refractivity (Wildman–Crippen MR) is 180 cm³/mol. The number of hydrogen-bond acceptors (Lipinski definition) is 3. The second-order valence-corrected chi connectivity index (χ2v) is 11.1. The molecule has 0 aliphatic heterocycles. The number of benzene rings is 6. The minimum Gasteiger partial charge on any atom is -0.460 e. The Bertz CT molecular complexity index is 2430. The van der Waals surface area contributed by atoms with Crippen molar-refractivity contribution in [2.24, 2.45) is 0 Å². The average Bonchev–Trinajstić information content (AvgIpc) is 3.71. The fourth-order valence-electron chi connectivity index (χ4n) is 6.46. The summed E-state index contributed by atoms with van der Waals surface area (Å²) < 4.78 is 8.25. The van der Waals surface area contributed by atoms with Crippen LogP contribution in [0, 0.1) is 0 Å². The highest BCUT2D eigenvalue weighted by Gasteiger charge is 2.20. The highest BCUT2D eigenvalue weighted by Crippen LogP contribution is 2.39. The van der Waals surface area contributed by atoms with Crippen molar-refractivity contribution in [3.8, 4) is 39.5 Å². The summed E-state index contributed by atoms with van der Waals surface area (Å²) in [6.07, 6.45) is 1.70. The maximum atomic E-state index is 6.07. The second-order valence-electron chi connectivity index (χ2n) is 11.1. The first-order chi connectivity index (χ1) is 21.8. The highest BCUT2D eigenvalue weighted by atomic mass is 16.3. The van der Waals surface area contributed by atoms with Gasteiger partial charge in [0.25, 0.3) is 0 Å². The molecule has 0 bridgehead atoms. The van der Waals surface area contributed by atoms with Gasteiger partial charge in [-0.25, -0.2) is 9.97 Å². The van der Waals surface area contributed by atoms with Crippen molar-refractivity contribution in [1.29, 1.82) is 0 Å².